The average molecular weight is 495 g/mol. The normalized spacial score (nSPS) is 15.2. The van der Waals surface area contributed by atoms with E-state index in [0.29, 0.717) is 29.9 Å². The average Bonchev–Trinajstić information content (AvgIpc) is 3.39. The summed E-state index contributed by atoms with van der Waals surface area (Å²) in [6, 6.07) is 14.7. The summed E-state index contributed by atoms with van der Waals surface area (Å²) in [6.07, 6.45) is 1.71. The lowest BCUT2D eigenvalue weighted by atomic mass is 10.1. The van der Waals surface area contributed by atoms with Crippen molar-refractivity contribution in [2.45, 2.75) is 44.6 Å². The summed E-state index contributed by atoms with van der Waals surface area (Å²) in [5.41, 5.74) is 2.96. The maximum Gasteiger partial charge on any atom is 0.267 e. The fraction of sp³-hybridized carbons (Fsp3) is 0.346. The van der Waals surface area contributed by atoms with Crippen LogP contribution in [0.15, 0.2) is 64.3 Å². The van der Waals surface area contributed by atoms with E-state index in [9.17, 15) is 18.0 Å². The summed E-state index contributed by atoms with van der Waals surface area (Å²) in [5.74, 6) is -0.288. The number of carbonyl (C=O) groups is 1. The highest BCUT2D eigenvalue weighted by Gasteiger charge is 2.29. The molecule has 4 rings (SSSR count). The van der Waals surface area contributed by atoms with Crippen LogP contribution in [-0.2, 0) is 14.8 Å². The highest BCUT2D eigenvalue weighted by atomic mass is 32.2. The Hall–Kier alpha value is -3.30. The van der Waals surface area contributed by atoms with E-state index in [1.807, 2.05) is 31.2 Å². The largest absolute Gasteiger partial charge is 0.314 e. The second-order valence-corrected chi connectivity index (χ2v) is 10.9. The first kappa shape index (κ1) is 24.8. The molecule has 1 saturated heterocycles. The van der Waals surface area contributed by atoms with Gasteiger partial charge in [-0.15, -0.1) is 0 Å². The van der Waals surface area contributed by atoms with Gasteiger partial charge < -0.3 is 4.90 Å². The molecule has 8 nitrogen and oxygen atoms in total. The molecule has 9 heteroatoms. The number of hydrogen-bond donors (Lipinski definition) is 0. The van der Waals surface area contributed by atoms with E-state index >= 15 is 0 Å². The van der Waals surface area contributed by atoms with Crippen LogP contribution in [0.4, 0.5) is 5.69 Å². The second-order valence-electron chi connectivity index (χ2n) is 9.01. The summed E-state index contributed by atoms with van der Waals surface area (Å²) in [6.45, 7) is 6.38. The van der Waals surface area contributed by atoms with Crippen LogP contribution in [0.5, 0.6) is 0 Å². The van der Waals surface area contributed by atoms with E-state index in [1.165, 1.54) is 15.3 Å². The molecule has 3 aromatic rings. The van der Waals surface area contributed by atoms with Gasteiger partial charge in [0.15, 0.2) is 0 Å². The van der Waals surface area contributed by atoms with Crippen LogP contribution in [0.25, 0.3) is 11.3 Å². The van der Waals surface area contributed by atoms with Crippen molar-refractivity contribution >= 4 is 21.6 Å². The van der Waals surface area contributed by atoms with Crippen LogP contribution in [-0.4, -0.2) is 48.5 Å². The lowest BCUT2D eigenvalue weighted by Gasteiger charge is -2.23. The van der Waals surface area contributed by atoms with Crippen molar-refractivity contribution in [3.8, 4) is 11.3 Å². The molecule has 2 heterocycles. The number of aryl methyl sites for hydroxylation is 2. The Labute approximate surface area is 205 Å². The van der Waals surface area contributed by atoms with Crippen molar-refractivity contribution in [2.75, 3.05) is 25.0 Å². The van der Waals surface area contributed by atoms with E-state index in [0.717, 1.165) is 28.8 Å². The summed E-state index contributed by atoms with van der Waals surface area (Å²) in [7, 11) is -1.95. The van der Waals surface area contributed by atoms with Crippen molar-refractivity contribution in [3.63, 3.8) is 0 Å². The molecule has 0 spiro atoms. The zero-order valence-corrected chi connectivity index (χ0v) is 21.2. The van der Waals surface area contributed by atoms with E-state index in [-0.39, 0.29) is 10.8 Å². The van der Waals surface area contributed by atoms with E-state index in [1.54, 1.807) is 45.2 Å². The first-order valence-corrected chi connectivity index (χ1v) is 13.1. The third-order valence-corrected chi connectivity index (χ3v) is 8.48. The monoisotopic (exact) mass is 494 g/mol. The van der Waals surface area contributed by atoms with Gasteiger partial charge in [0, 0.05) is 37.5 Å². The molecule has 0 aliphatic carbocycles. The van der Waals surface area contributed by atoms with Crippen LogP contribution in [0.1, 0.15) is 36.9 Å². The van der Waals surface area contributed by atoms with Crippen LogP contribution < -0.4 is 10.5 Å². The molecule has 1 unspecified atom stereocenters. The van der Waals surface area contributed by atoms with E-state index in [2.05, 4.69) is 5.10 Å². The zero-order valence-electron chi connectivity index (χ0n) is 20.4. The van der Waals surface area contributed by atoms with Gasteiger partial charge in [0.25, 0.3) is 11.5 Å². The highest BCUT2D eigenvalue weighted by Crippen LogP contribution is 2.28. The number of benzene rings is 2. The predicted molar refractivity (Wildman–Crippen MR) is 136 cm³/mol. The van der Waals surface area contributed by atoms with Crippen LogP contribution in [0.2, 0.25) is 0 Å². The van der Waals surface area contributed by atoms with Crippen molar-refractivity contribution in [1.82, 2.24) is 14.1 Å². The molecule has 1 atom stereocenters. The molecule has 0 saturated carbocycles. The first-order chi connectivity index (χ1) is 16.6. The smallest absolute Gasteiger partial charge is 0.267 e. The Morgan fingerprint density at radius 2 is 1.74 bits per heavy atom. The third kappa shape index (κ3) is 4.92. The van der Waals surface area contributed by atoms with Crippen molar-refractivity contribution in [3.05, 3.63) is 76.1 Å². The Morgan fingerprint density at radius 3 is 2.43 bits per heavy atom. The summed E-state index contributed by atoms with van der Waals surface area (Å²) < 4.78 is 29.0. The Bertz CT molecular complexity index is 1430. The van der Waals surface area contributed by atoms with Gasteiger partial charge in [-0.25, -0.2) is 13.1 Å². The Balaban J connectivity index is 1.68. The van der Waals surface area contributed by atoms with Gasteiger partial charge in [-0.05, 0) is 69.0 Å². The number of carbonyl (C=O) groups excluding carboxylic acids is 1. The van der Waals surface area contributed by atoms with E-state index < -0.39 is 21.6 Å². The maximum absolute atomic E-state index is 13.2. The molecule has 1 fully saturated rings. The number of sulfonamides is 1. The van der Waals surface area contributed by atoms with Crippen LogP contribution in [0, 0.1) is 13.8 Å². The minimum Gasteiger partial charge on any atom is -0.314 e. The van der Waals surface area contributed by atoms with Crippen molar-refractivity contribution in [2.24, 2.45) is 0 Å². The molecule has 2 aromatic carbocycles. The van der Waals surface area contributed by atoms with E-state index in [4.69, 9.17) is 0 Å². The van der Waals surface area contributed by atoms with Gasteiger partial charge in [0.05, 0.1) is 10.6 Å². The second kappa shape index (κ2) is 9.75. The molecule has 184 valence electrons. The Kier molecular flexibility index (Phi) is 6.91. The number of rotatable bonds is 6. The molecule has 0 bridgehead atoms. The fourth-order valence-corrected chi connectivity index (χ4v) is 6.08. The van der Waals surface area contributed by atoms with Gasteiger partial charge in [-0.3, -0.25) is 9.59 Å². The number of amides is 1. The molecular formula is C26H30N4O4S. The van der Waals surface area contributed by atoms with Gasteiger partial charge in [-0.1, -0.05) is 24.3 Å². The maximum atomic E-state index is 13.2. The number of anilines is 1. The SMILES string of the molecule is Cc1cccc(N(C)C(=O)C(C)n2nc(-c3ccc(C)c(S(=O)(=O)N4CCCC4)c3)ccc2=O)c1. The van der Waals surface area contributed by atoms with Crippen LogP contribution in [0.3, 0.4) is 0 Å². The fourth-order valence-electron chi connectivity index (χ4n) is 4.31. The molecule has 1 aliphatic rings. The standard InChI is InChI=1S/C26H30N4O4S/c1-18-8-7-9-22(16-18)28(4)26(32)20(3)30-25(31)13-12-23(27-30)21-11-10-19(2)24(17-21)35(33,34)29-14-5-6-15-29/h7-13,16-17,20H,5-6,14-15H2,1-4H3. The minimum atomic E-state index is -3.62. The quantitative estimate of drug-likeness (QED) is 0.523. The topological polar surface area (TPSA) is 92.6 Å². The zero-order chi connectivity index (χ0) is 25.3. The number of likely N-dealkylation sites (N-methyl/N-ethyl adjacent to an activating group) is 1. The highest BCUT2D eigenvalue weighted by molar-refractivity contribution is 7.89. The van der Waals surface area contributed by atoms with Gasteiger partial charge >= 0.3 is 0 Å². The molecule has 0 N–H and O–H groups in total. The Morgan fingerprint density at radius 1 is 1.03 bits per heavy atom. The number of hydrogen-bond acceptors (Lipinski definition) is 5. The number of nitrogens with zero attached hydrogens (tertiary/aromatic N) is 4. The summed E-state index contributed by atoms with van der Waals surface area (Å²) in [5, 5.41) is 4.46. The van der Waals surface area contributed by atoms with Crippen LogP contribution >= 0.6 is 0 Å². The van der Waals surface area contributed by atoms with Gasteiger partial charge in [0.2, 0.25) is 10.0 Å². The molecule has 0 radical (unpaired) electrons. The summed E-state index contributed by atoms with van der Waals surface area (Å²) in [4.78, 5) is 27.6. The molecule has 1 aromatic heterocycles. The van der Waals surface area contributed by atoms with Gasteiger partial charge in [-0.2, -0.15) is 9.40 Å². The van der Waals surface area contributed by atoms with Crippen molar-refractivity contribution < 1.29 is 13.2 Å². The molecule has 35 heavy (non-hydrogen) atoms. The third-order valence-electron chi connectivity index (χ3n) is 6.44. The first-order valence-electron chi connectivity index (χ1n) is 11.6. The summed E-state index contributed by atoms with van der Waals surface area (Å²) >= 11 is 0. The minimum absolute atomic E-state index is 0.236. The van der Waals surface area contributed by atoms with Crippen molar-refractivity contribution in [1.29, 1.82) is 0 Å². The van der Waals surface area contributed by atoms with Gasteiger partial charge in [0.1, 0.15) is 6.04 Å². The molecular weight excluding hydrogens is 464 g/mol. The molecule has 1 amide bonds. The number of aromatic nitrogens is 2. The molecule has 1 aliphatic heterocycles. The predicted octanol–water partition coefficient (Wildman–Crippen LogP) is 3.54. The lowest BCUT2D eigenvalue weighted by Crippen LogP contribution is -2.38. The lowest BCUT2D eigenvalue weighted by molar-refractivity contribution is -0.121.